The van der Waals surface area contributed by atoms with Gasteiger partial charge in [0, 0.05) is 24.2 Å². The van der Waals surface area contributed by atoms with Crippen molar-refractivity contribution >= 4 is 22.7 Å². The van der Waals surface area contributed by atoms with Crippen molar-refractivity contribution in [3.8, 4) is 6.07 Å². The summed E-state index contributed by atoms with van der Waals surface area (Å²) in [7, 11) is 1.40. The second-order valence-corrected chi connectivity index (χ2v) is 5.70. The fourth-order valence-electron chi connectivity index (χ4n) is 3.04. The van der Waals surface area contributed by atoms with Crippen molar-refractivity contribution in [1.29, 1.82) is 5.26 Å². The zero-order chi connectivity index (χ0) is 16.4. The molecular weight excluding hydrogens is 294 g/mol. The lowest BCUT2D eigenvalue weighted by Crippen LogP contribution is -2.32. The lowest BCUT2D eigenvalue weighted by molar-refractivity contribution is -0.121. The predicted octanol–water partition coefficient (Wildman–Crippen LogP) is 1.61. The Morgan fingerprint density at radius 2 is 2.13 bits per heavy atom. The molecule has 1 fully saturated rings. The summed E-state index contributed by atoms with van der Waals surface area (Å²) in [6.45, 7) is 0. The van der Waals surface area contributed by atoms with Crippen molar-refractivity contribution in [3.63, 3.8) is 0 Å². The summed E-state index contributed by atoms with van der Waals surface area (Å²) < 4.78 is 1.91. The van der Waals surface area contributed by atoms with Crippen LogP contribution in [0.3, 0.4) is 0 Å². The Kier molecular flexibility index (Phi) is 4.06. The van der Waals surface area contributed by atoms with Crippen LogP contribution < -0.4 is 5.32 Å². The first-order valence-corrected chi connectivity index (χ1v) is 7.64. The van der Waals surface area contributed by atoms with Gasteiger partial charge in [0.15, 0.2) is 17.3 Å². The molecule has 0 saturated heterocycles. The SMILES string of the molecule is CNC(=O)C(C#N)C(=O)c1cnc2c(cnn2C2CCCC2)c1. The standard InChI is InChI=1S/C16H17N5O2/c1-18-16(23)13(7-17)14(22)10-6-11-9-20-21(15(11)19-8-10)12-4-2-3-5-12/h6,8-9,12-13H,2-5H2,1H3,(H,18,23). The fourth-order valence-corrected chi connectivity index (χ4v) is 3.04. The Labute approximate surface area is 133 Å². The minimum absolute atomic E-state index is 0.249. The molecular formula is C16H17N5O2. The van der Waals surface area contributed by atoms with E-state index in [1.807, 2.05) is 4.68 Å². The largest absolute Gasteiger partial charge is 0.358 e. The molecule has 23 heavy (non-hydrogen) atoms. The summed E-state index contributed by atoms with van der Waals surface area (Å²) in [4.78, 5) is 28.3. The highest BCUT2D eigenvalue weighted by molar-refractivity contribution is 6.12. The lowest BCUT2D eigenvalue weighted by atomic mass is 9.99. The molecule has 0 aliphatic heterocycles. The second kappa shape index (κ2) is 6.16. The molecule has 1 unspecified atom stereocenters. The normalized spacial score (nSPS) is 16.2. The van der Waals surface area contributed by atoms with Crippen molar-refractivity contribution in [3.05, 3.63) is 24.0 Å². The molecule has 0 radical (unpaired) electrons. The molecule has 2 aromatic heterocycles. The van der Waals surface area contributed by atoms with Crippen LogP contribution in [0.5, 0.6) is 0 Å². The molecule has 1 aliphatic carbocycles. The van der Waals surface area contributed by atoms with Crippen LogP contribution in [0.15, 0.2) is 18.5 Å². The van der Waals surface area contributed by atoms with Gasteiger partial charge in [0.25, 0.3) is 0 Å². The zero-order valence-electron chi connectivity index (χ0n) is 12.8. The number of aromatic nitrogens is 3. The number of fused-ring (bicyclic) bond motifs is 1. The van der Waals surface area contributed by atoms with Gasteiger partial charge in [-0.25, -0.2) is 9.67 Å². The van der Waals surface area contributed by atoms with Gasteiger partial charge in [-0.2, -0.15) is 10.4 Å². The van der Waals surface area contributed by atoms with Crippen LogP contribution in [0, 0.1) is 17.2 Å². The van der Waals surface area contributed by atoms with Crippen LogP contribution in [0.1, 0.15) is 42.1 Å². The van der Waals surface area contributed by atoms with Crippen LogP contribution in [0.4, 0.5) is 0 Å². The topological polar surface area (TPSA) is 101 Å². The number of hydrogen-bond donors (Lipinski definition) is 1. The van der Waals surface area contributed by atoms with E-state index in [-0.39, 0.29) is 5.56 Å². The molecule has 0 bridgehead atoms. The summed E-state index contributed by atoms with van der Waals surface area (Å²) in [6.07, 6.45) is 7.67. The Morgan fingerprint density at radius 3 is 2.78 bits per heavy atom. The van der Waals surface area contributed by atoms with E-state index in [9.17, 15) is 9.59 Å². The van der Waals surface area contributed by atoms with Gasteiger partial charge in [0.05, 0.1) is 18.3 Å². The number of rotatable bonds is 4. The lowest BCUT2D eigenvalue weighted by Gasteiger charge is -2.10. The van der Waals surface area contributed by atoms with E-state index in [1.165, 1.54) is 26.1 Å². The van der Waals surface area contributed by atoms with Crippen LogP contribution in [-0.4, -0.2) is 33.5 Å². The van der Waals surface area contributed by atoms with Crippen LogP contribution in [-0.2, 0) is 4.79 Å². The minimum Gasteiger partial charge on any atom is -0.358 e. The molecule has 1 atom stereocenters. The summed E-state index contributed by atoms with van der Waals surface area (Å²) in [5.41, 5.74) is 0.987. The van der Waals surface area contributed by atoms with Crippen molar-refractivity contribution in [2.24, 2.45) is 5.92 Å². The smallest absolute Gasteiger partial charge is 0.245 e. The molecule has 7 nitrogen and oxygen atoms in total. The molecule has 1 amide bonds. The van der Waals surface area contributed by atoms with Gasteiger partial charge in [0.1, 0.15) is 0 Å². The van der Waals surface area contributed by atoms with Gasteiger partial charge < -0.3 is 5.32 Å². The molecule has 2 aromatic rings. The maximum atomic E-state index is 12.3. The number of nitrogens with zero attached hydrogens (tertiary/aromatic N) is 4. The van der Waals surface area contributed by atoms with Gasteiger partial charge in [-0.1, -0.05) is 12.8 Å². The molecule has 1 aliphatic rings. The predicted molar refractivity (Wildman–Crippen MR) is 82.5 cm³/mol. The first-order chi connectivity index (χ1) is 11.2. The quantitative estimate of drug-likeness (QED) is 0.683. The Hall–Kier alpha value is -2.75. The number of hydrogen-bond acceptors (Lipinski definition) is 5. The highest BCUT2D eigenvalue weighted by Crippen LogP contribution is 2.31. The third-order valence-corrected chi connectivity index (χ3v) is 4.29. The summed E-state index contributed by atoms with van der Waals surface area (Å²) in [6, 6.07) is 3.75. The maximum absolute atomic E-state index is 12.3. The summed E-state index contributed by atoms with van der Waals surface area (Å²) in [5.74, 6) is -2.52. The van der Waals surface area contributed by atoms with Crippen LogP contribution in [0.25, 0.3) is 11.0 Å². The van der Waals surface area contributed by atoms with Gasteiger partial charge in [-0.15, -0.1) is 0 Å². The summed E-state index contributed by atoms with van der Waals surface area (Å²) in [5, 5.41) is 16.5. The van der Waals surface area contributed by atoms with Gasteiger partial charge in [-0.05, 0) is 18.9 Å². The Bertz CT molecular complexity index is 798. The van der Waals surface area contributed by atoms with E-state index in [2.05, 4.69) is 15.4 Å². The molecule has 1 saturated carbocycles. The molecule has 7 heteroatoms. The number of carbonyl (C=O) groups is 2. The number of pyridine rings is 1. The molecule has 2 heterocycles. The number of carbonyl (C=O) groups excluding carboxylic acids is 2. The third kappa shape index (κ3) is 2.68. The average Bonchev–Trinajstić information content (AvgIpc) is 3.23. The van der Waals surface area contributed by atoms with E-state index >= 15 is 0 Å². The molecule has 1 N–H and O–H groups in total. The van der Waals surface area contributed by atoms with Crippen molar-refractivity contribution in [2.75, 3.05) is 7.05 Å². The monoisotopic (exact) mass is 311 g/mol. The third-order valence-electron chi connectivity index (χ3n) is 4.29. The van der Waals surface area contributed by atoms with Gasteiger partial charge in [0.2, 0.25) is 5.91 Å². The van der Waals surface area contributed by atoms with E-state index in [4.69, 9.17) is 5.26 Å². The van der Waals surface area contributed by atoms with Crippen molar-refractivity contribution < 1.29 is 9.59 Å². The molecule has 0 aromatic carbocycles. The van der Waals surface area contributed by atoms with E-state index < -0.39 is 17.6 Å². The number of ketones is 1. The highest BCUT2D eigenvalue weighted by Gasteiger charge is 2.27. The van der Waals surface area contributed by atoms with Crippen LogP contribution >= 0.6 is 0 Å². The van der Waals surface area contributed by atoms with Gasteiger partial charge >= 0.3 is 0 Å². The Morgan fingerprint density at radius 1 is 1.39 bits per heavy atom. The average molecular weight is 311 g/mol. The van der Waals surface area contributed by atoms with E-state index in [0.717, 1.165) is 23.9 Å². The zero-order valence-corrected chi connectivity index (χ0v) is 12.8. The first kappa shape index (κ1) is 15.2. The molecule has 118 valence electrons. The number of nitriles is 1. The summed E-state index contributed by atoms with van der Waals surface area (Å²) >= 11 is 0. The second-order valence-electron chi connectivity index (χ2n) is 5.70. The maximum Gasteiger partial charge on any atom is 0.245 e. The fraction of sp³-hybridized carbons (Fsp3) is 0.438. The highest BCUT2D eigenvalue weighted by atomic mass is 16.2. The molecule has 3 rings (SSSR count). The minimum atomic E-state index is -1.36. The first-order valence-electron chi connectivity index (χ1n) is 7.64. The van der Waals surface area contributed by atoms with Crippen molar-refractivity contribution in [2.45, 2.75) is 31.7 Å². The Balaban J connectivity index is 1.93. The van der Waals surface area contributed by atoms with E-state index in [1.54, 1.807) is 18.3 Å². The molecule has 0 spiro atoms. The van der Waals surface area contributed by atoms with Crippen LogP contribution in [0.2, 0.25) is 0 Å². The number of amides is 1. The van der Waals surface area contributed by atoms with Crippen molar-refractivity contribution in [1.82, 2.24) is 20.1 Å². The number of nitrogens with one attached hydrogen (secondary N) is 1. The van der Waals surface area contributed by atoms with Gasteiger partial charge in [-0.3, -0.25) is 9.59 Å². The van der Waals surface area contributed by atoms with E-state index in [0.29, 0.717) is 6.04 Å². The number of Topliss-reactive ketones (excluding diaryl/α,β-unsaturated/α-hetero) is 1.